The number of alkyl halides is 1. The first-order valence-electron chi connectivity index (χ1n) is 10.2. The molecule has 36 heavy (non-hydrogen) atoms. The van der Waals surface area contributed by atoms with Crippen LogP contribution in [0.5, 0.6) is 0 Å². The van der Waals surface area contributed by atoms with Crippen LogP contribution < -0.4 is 10.6 Å². The molecule has 2 aliphatic heterocycles. The number of thioether (sulfide) groups is 2. The van der Waals surface area contributed by atoms with Gasteiger partial charge in [-0.3, -0.25) is 19.2 Å². The van der Waals surface area contributed by atoms with Crippen LogP contribution in [0.15, 0.2) is 16.0 Å². The van der Waals surface area contributed by atoms with Crippen molar-refractivity contribution in [3.63, 3.8) is 0 Å². The van der Waals surface area contributed by atoms with Gasteiger partial charge in [0, 0.05) is 18.1 Å². The van der Waals surface area contributed by atoms with Crippen molar-refractivity contribution in [3.05, 3.63) is 16.6 Å². The molecule has 17 heteroatoms. The van der Waals surface area contributed by atoms with Crippen LogP contribution in [0.25, 0.3) is 0 Å². The summed E-state index contributed by atoms with van der Waals surface area (Å²) in [6, 6.07) is -2.23. The molecule has 3 N–H and O–H groups in total. The van der Waals surface area contributed by atoms with Crippen LogP contribution in [-0.2, 0) is 33.5 Å². The molecular weight excluding hydrogens is 558 g/mol. The van der Waals surface area contributed by atoms with Gasteiger partial charge in [0.05, 0.1) is 10.3 Å². The number of aliphatic carboxylic acids is 1. The monoisotopic (exact) mass is 579 g/mol. The normalized spacial score (nSPS) is 25.9. The number of aromatic nitrogens is 1. The van der Waals surface area contributed by atoms with Crippen molar-refractivity contribution < 1.29 is 38.7 Å². The highest BCUT2D eigenvalue weighted by Crippen LogP contribution is 2.47. The van der Waals surface area contributed by atoms with Crippen LogP contribution in [0, 0.1) is 0 Å². The summed E-state index contributed by atoms with van der Waals surface area (Å²) in [5.41, 5.74) is 1.87. The van der Waals surface area contributed by atoms with Crippen LogP contribution in [0.3, 0.4) is 0 Å². The summed E-state index contributed by atoms with van der Waals surface area (Å²) in [6.45, 7) is 1.05. The number of carbonyl (C=O) groups is 5. The van der Waals surface area contributed by atoms with Gasteiger partial charge < -0.3 is 30.2 Å². The lowest BCUT2D eigenvalue weighted by molar-refractivity contribution is -0.165. The fourth-order valence-electron chi connectivity index (χ4n) is 3.57. The molecule has 3 heterocycles. The summed E-state index contributed by atoms with van der Waals surface area (Å²) in [7, 11) is 0. The van der Waals surface area contributed by atoms with Gasteiger partial charge in [0.1, 0.15) is 41.9 Å². The quantitative estimate of drug-likeness (QED) is 0.0804. The highest BCUT2D eigenvalue weighted by atomic mass is 35.5. The van der Waals surface area contributed by atoms with E-state index in [4.69, 9.17) is 21.2 Å². The molecule has 0 spiro atoms. The number of carboxylic acids is 1. The van der Waals surface area contributed by atoms with Crippen LogP contribution in [-0.4, -0.2) is 97.6 Å². The van der Waals surface area contributed by atoms with Gasteiger partial charge in [0.15, 0.2) is 0 Å². The van der Waals surface area contributed by atoms with Gasteiger partial charge in [-0.1, -0.05) is 5.16 Å². The van der Waals surface area contributed by atoms with Gasteiger partial charge in [-0.25, -0.2) is 9.78 Å². The van der Waals surface area contributed by atoms with Crippen molar-refractivity contribution in [2.75, 3.05) is 24.5 Å². The van der Waals surface area contributed by atoms with Gasteiger partial charge in [0.2, 0.25) is 18.0 Å². The van der Waals surface area contributed by atoms with Crippen molar-refractivity contribution in [3.8, 4) is 0 Å². The number of rotatable bonds is 11. The minimum Gasteiger partial charge on any atom is -0.480 e. The number of hydrogen-bond donors (Lipinski definition) is 3. The molecule has 0 aliphatic carbocycles. The zero-order chi connectivity index (χ0) is 26.5. The topological polar surface area (TPSA) is 177 Å². The number of oxime groups is 1. The lowest BCUT2D eigenvalue weighted by atomic mass is 9.93. The highest BCUT2D eigenvalue weighted by Gasteiger charge is 2.63. The molecule has 1 aromatic rings. The maximum Gasteiger partial charge on any atom is 0.328 e. The number of nitrogens with one attached hydrogen (secondary N) is 2. The second kappa shape index (κ2) is 12.1. The fourth-order valence-corrected chi connectivity index (χ4v) is 6.96. The molecule has 2 saturated heterocycles. The van der Waals surface area contributed by atoms with E-state index in [1.165, 1.54) is 52.2 Å². The minimum atomic E-state index is -1.25. The first-order chi connectivity index (χ1) is 17.1. The summed E-state index contributed by atoms with van der Waals surface area (Å²) in [5.74, 6) is -3.72. The summed E-state index contributed by atoms with van der Waals surface area (Å²) in [6.07, 6.45) is 1.40. The van der Waals surface area contributed by atoms with E-state index in [1.54, 1.807) is 11.6 Å². The molecule has 0 saturated carbocycles. The average molecular weight is 580 g/mol. The lowest BCUT2D eigenvalue weighted by Crippen LogP contribution is -2.79. The van der Waals surface area contributed by atoms with Crippen molar-refractivity contribution >= 4 is 82.3 Å². The molecule has 0 aromatic carbocycles. The van der Waals surface area contributed by atoms with Crippen molar-refractivity contribution in [2.24, 2.45) is 5.16 Å². The molecule has 5 atom stereocenters. The number of carbonyl (C=O) groups excluding carboxylic acids is 4. The minimum absolute atomic E-state index is 0.175. The van der Waals surface area contributed by atoms with Crippen LogP contribution in [0.4, 0.5) is 0 Å². The number of β-lactam (4-membered cyclic amide) rings is 1. The molecule has 13 nitrogen and oxygen atoms in total. The van der Waals surface area contributed by atoms with Crippen LogP contribution >= 0.6 is 46.5 Å². The molecule has 3 unspecified atom stereocenters. The third-order valence-corrected chi connectivity index (χ3v) is 9.13. The molecule has 3 amide bonds. The first-order valence-corrected chi connectivity index (χ1v) is 14.0. The summed E-state index contributed by atoms with van der Waals surface area (Å²) < 4.78 is 4.05. The maximum atomic E-state index is 12.9. The van der Waals surface area contributed by atoms with E-state index in [1.807, 2.05) is 0 Å². The van der Waals surface area contributed by atoms with Gasteiger partial charge in [-0.2, -0.15) is 11.8 Å². The van der Waals surface area contributed by atoms with E-state index in [0.29, 0.717) is 5.69 Å². The Morgan fingerprint density at radius 3 is 2.81 bits per heavy atom. The number of carboxylic acid groups (broad SMARTS) is 1. The first kappa shape index (κ1) is 28.0. The molecule has 0 radical (unpaired) electrons. The molecule has 3 rings (SSSR count). The second-order valence-electron chi connectivity index (χ2n) is 7.56. The number of thiazole rings is 1. The number of nitrogens with zero attached hydrogens (tertiary/aromatic N) is 3. The Kier molecular flexibility index (Phi) is 9.43. The van der Waals surface area contributed by atoms with Gasteiger partial charge in [-0.05, 0) is 6.26 Å². The van der Waals surface area contributed by atoms with Crippen molar-refractivity contribution in [1.29, 1.82) is 0 Å². The van der Waals surface area contributed by atoms with Crippen molar-refractivity contribution in [2.45, 2.75) is 35.4 Å². The van der Waals surface area contributed by atoms with Gasteiger partial charge in [0.25, 0.3) is 5.91 Å². The van der Waals surface area contributed by atoms with E-state index in [9.17, 15) is 29.1 Å². The van der Waals surface area contributed by atoms with Crippen molar-refractivity contribution in [1.82, 2.24) is 20.5 Å². The predicted molar refractivity (Wildman–Crippen MR) is 133 cm³/mol. The standard InChI is InChI=1S/C19H22ClN5O8S3/c1-9(26)32-6-19(34-2)7-36-17-13(16(29)25(17)14(19)18(30)31)23-12(28)4-22-33-15(24-11(27)3-20)10-5-35-8-21-10/h4-5,8,13-15,17H,3,6-7H2,1-2H3,(H,23,28)(H,24,27)(H,30,31)/t13-,14?,15?,17+,19?/m1/s1. The number of esters is 1. The third-order valence-electron chi connectivity index (χ3n) is 5.28. The van der Waals surface area contributed by atoms with Gasteiger partial charge >= 0.3 is 11.9 Å². The van der Waals surface area contributed by atoms with E-state index >= 15 is 0 Å². The molecule has 1 aromatic heterocycles. The van der Waals surface area contributed by atoms with E-state index in [0.717, 1.165) is 6.21 Å². The smallest absolute Gasteiger partial charge is 0.328 e. The number of fused-ring (bicyclic) bond motifs is 1. The Morgan fingerprint density at radius 2 is 2.22 bits per heavy atom. The molecule has 196 valence electrons. The molecule has 2 fully saturated rings. The lowest BCUT2D eigenvalue weighted by Gasteiger charge is -2.57. The Bertz CT molecular complexity index is 1040. The van der Waals surface area contributed by atoms with E-state index < -0.39 is 58.1 Å². The van der Waals surface area contributed by atoms with E-state index in [-0.39, 0.29) is 18.2 Å². The second-order valence-corrected chi connectivity index (χ2v) is 10.9. The number of amides is 3. The Hall–Kier alpha value is -2.56. The highest BCUT2D eigenvalue weighted by molar-refractivity contribution is 8.04. The Morgan fingerprint density at radius 1 is 1.47 bits per heavy atom. The molecule has 2 aliphatic rings. The molecular formula is C19H22ClN5O8S3. The summed E-state index contributed by atoms with van der Waals surface area (Å²) in [4.78, 5) is 70.6. The predicted octanol–water partition coefficient (Wildman–Crippen LogP) is 0.0171. The average Bonchev–Trinajstić information content (AvgIpc) is 3.39. The zero-order valence-corrected chi connectivity index (χ0v) is 22.1. The zero-order valence-electron chi connectivity index (χ0n) is 18.9. The van der Waals surface area contributed by atoms with Crippen LogP contribution in [0.1, 0.15) is 18.8 Å². The fraction of sp³-hybridized carbons (Fsp3) is 0.526. The van der Waals surface area contributed by atoms with Gasteiger partial charge in [-0.15, -0.1) is 34.7 Å². The summed E-state index contributed by atoms with van der Waals surface area (Å²) in [5, 5.41) is 19.4. The van der Waals surface area contributed by atoms with Crippen LogP contribution in [0.2, 0.25) is 0 Å². The maximum absolute atomic E-state index is 12.9. The SMILES string of the molecule is CSC1(COC(C)=O)CS[C@H]2[C@H](NC(=O)C=NOC(NC(=O)CCl)c3cscn3)C(=O)N2C1C(=O)O. The number of ether oxygens (including phenoxy) is 1. The molecule has 0 bridgehead atoms. The Balaban J connectivity index is 1.63. The Labute approximate surface area is 222 Å². The summed E-state index contributed by atoms with van der Waals surface area (Å²) >= 11 is 9.24. The number of hydrogen-bond acceptors (Lipinski definition) is 12. The van der Waals surface area contributed by atoms with E-state index in [2.05, 4.69) is 20.8 Å². The largest absolute Gasteiger partial charge is 0.480 e. The number of halogens is 1. The third kappa shape index (κ3) is 6.04.